The Labute approximate surface area is 122 Å². The molecule has 2 N–H and O–H groups in total. The van der Waals surface area contributed by atoms with Gasteiger partial charge in [0, 0.05) is 25.5 Å². The molecule has 0 saturated heterocycles. The second kappa shape index (κ2) is 5.24. The number of carboxylic acid groups (broad SMARTS) is 1. The molecule has 0 aliphatic rings. The predicted molar refractivity (Wildman–Crippen MR) is 75.8 cm³/mol. The van der Waals surface area contributed by atoms with Gasteiger partial charge in [0.1, 0.15) is 10.6 Å². The van der Waals surface area contributed by atoms with Crippen molar-refractivity contribution in [3.05, 3.63) is 30.4 Å². The average Bonchev–Trinajstić information content (AvgIpc) is 2.95. The zero-order valence-corrected chi connectivity index (χ0v) is 12.6. The molecule has 2 aromatic rings. The van der Waals surface area contributed by atoms with Crippen molar-refractivity contribution in [1.82, 2.24) is 14.3 Å². The zero-order chi connectivity index (χ0) is 15.8. The molecule has 0 fully saturated rings. The predicted octanol–water partition coefficient (Wildman–Crippen LogP) is 1.30. The number of hydrogen-bond acceptors (Lipinski definition) is 4. The van der Waals surface area contributed by atoms with Gasteiger partial charge in [-0.15, -0.1) is 0 Å². The van der Waals surface area contributed by atoms with Crippen LogP contribution < -0.4 is 4.72 Å². The lowest BCUT2D eigenvalue weighted by molar-refractivity contribution is 0.0683. The molecule has 0 spiro atoms. The van der Waals surface area contributed by atoms with E-state index in [9.17, 15) is 13.2 Å². The largest absolute Gasteiger partial charge is 0.477 e. The summed E-state index contributed by atoms with van der Waals surface area (Å²) < 4.78 is 29.8. The lowest BCUT2D eigenvalue weighted by Gasteiger charge is -2.09. The van der Waals surface area contributed by atoms with Gasteiger partial charge in [-0.05, 0) is 19.9 Å². The maximum atomic E-state index is 12.3. The first kappa shape index (κ1) is 15.1. The Morgan fingerprint density at radius 2 is 2.05 bits per heavy atom. The van der Waals surface area contributed by atoms with E-state index in [0.717, 1.165) is 6.07 Å². The SMILES string of the molecule is CC(C)n1cc(S(=O)(=O)Nc2cnn(C)c2)cc1C(=O)O. The number of rotatable bonds is 5. The fourth-order valence-electron chi connectivity index (χ4n) is 1.89. The molecular formula is C12H16N4O4S. The van der Waals surface area contributed by atoms with Crippen molar-refractivity contribution in [3.63, 3.8) is 0 Å². The van der Waals surface area contributed by atoms with Crippen molar-refractivity contribution in [2.24, 2.45) is 7.05 Å². The third kappa shape index (κ3) is 3.07. The van der Waals surface area contributed by atoms with Crippen molar-refractivity contribution < 1.29 is 18.3 Å². The standard InChI is InChI=1S/C12H16N4O4S/c1-8(2)16-7-10(4-11(16)12(17)18)21(19,20)14-9-5-13-15(3)6-9/h4-8,14H,1-3H3,(H,17,18). The molecule has 0 aromatic carbocycles. The maximum Gasteiger partial charge on any atom is 0.352 e. The molecule has 0 unspecified atom stereocenters. The van der Waals surface area contributed by atoms with Gasteiger partial charge < -0.3 is 9.67 Å². The summed E-state index contributed by atoms with van der Waals surface area (Å²) in [6.45, 7) is 3.55. The fourth-order valence-corrected chi connectivity index (χ4v) is 2.94. The van der Waals surface area contributed by atoms with Gasteiger partial charge in [-0.1, -0.05) is 0 Å². The van der Waals surface area contributed by atoms with E-state index in [1.54, 1.807) is 20.9 Å². The minimum atomic E-state index is -3.86. The van der Waals surface area contributed by atoms with Gasteiger partial charge in [-0.2, -0.15) is 5.10 Å². The Hall–Kier alpha value is -2.29. The Balaban J connectivity index is 2.40. The number of carbonyl (C=O) groups is 1. The normalized spacial score (nSPS) is 11.8. The van der Waals surface area contributed by atoms with E-state index in [4.69, 9.17) is 5.11 Å². The number of nitrogens with zero attached hydrogens (tertiary/aromatic N) is 3. The van der Waals surface area contributed by atoms with Crippen LogP contribution in [0.1, 0.15) is 30.4 Å². The lowest BCUT2D eigenvalue weighted by atomic mass is 10.3. The molecule has 2 heterocycles. The first-order chi connectivity index (χ1) is 9.70. The monoisotopic (exact) mass is 312 g/mol. The van der Waals surface area contributed by atoms with Gasteiger partial charge >= 0.3 is 5.97 Å². The molecule has 0 bridgehead atoms. The molecule has 114 valence electrons. The first-order valence-electron chi connectivity index (χ1n) is 6.17. The van der Waals surface area contributed by atoms with Crippen LogP contribution in [0.15, 0.2) is 29.6 Å². The first-order valence-corrected chi connectivity index (χ1v) is 7.65. The summed E-state index contributed by atoms with van der Waals surface area (Å²) in [6, 6.07) is 0.972. The average molecular weight is 312 g/mol. The summed E-state index contributed by atoms with van der Waals surface area (Å²) in [4.78, 5) is 11.1. The van der Waals surface area contributed by atoms with Gasteiger partial charge in [0.05, 0.1) is 11.9 Å². The summed E-state index contributed by atoms with van der Waals surface area (Å²) in [5, 5.41) is 13.0. The summed E-state index contributed by atoms with van der Waals surface area (Å²) in [6.07, 6.45) is 4.19. The minimum Gasteiger partial charge on any atom is -0.477 e. The smallest absolute Gasteiger partial charge is 0.352 e. The molecule has 2 rings (SSSR count). The van der Waals surface area contributed by atoms with Crippen LogP contribution in [0.2, 0.25) is 0 Å². The van der Waals surface area contributed by atoms with Crippen LogP contribution in [0.25, 0.3) is 0 Å². The molecule has 0 radical (unpaired) electrons. The molecule has 0 saturated carbocycles. The Morgan fingerprint density at radius 3 is 2.48 bits per heavy atom. The van der Waals surface area contributed by atoms with Gasteiger partial charge in [0.15, 0.2) is 0 Å². The van der Waals surface area contributed by atoms with E-state index < -0.39 is 16.0 Å². The highest BCUT2D eigenvalue weighted by atomic mass is 32.2. The van der Waals surface area contributed by atoms with E-state index in [0.29, 0.717) is 5.69 Å². The summed E-state index contributed by atoms with van der Waals surface area (Å²) in [5.41, 5.74) is 0.239. The van der Waals surface area contributed by atoms with E-state index >= 15 is 0 Å². The topological polar surface area (TPSA) is 106 Å². The van der Waals surface area contributed by atoms with E-state index in [1.165, 1.54) is 27.8 Å². The molecule has 21 heavy (non-hydrogen) atoms. The third-order valence-corrected chi connectivity index (χ3v) is 4.21. The van der Waals surface area contributed by atoms with Crippen LogP contribution in [0.3, 0.4) is 0 Å². The number of aromatic carboxylic acids is 1. The zero-order valence-electron chi connectivity index (χ0n) is 11.8. The van der Waals surface area contributed by atoms with Crippen LogP contribution in [-0.4, -0.2) is 33.8 Å². The molecule has 0 aliphatic carbocycles. The van der Waals surface area contributed by atoms with Gasteiger partial charge in [-0.3, -0.25) is 9.40 Å². The highest BCUT2D eigenvalue weighted by molar-refractivity contribution is 7.92. The molecule has 2 aromatic heterocycles. The molecule has 8 nitrogen and oxygen atoms in total. The van der Waals surface area contributed by atoms with E-state index in [2.05, 4.69) is 9.82 Å². The number of carboxylic acids is 1. The van der Waals surface area contributed by atoms with E-state index in [-0.39, 0.29) is 16.6 Å². The summed E-state index contributed by atoms with van der Waals surface area (Å²) >= 11 is 0. The van der Waals surface area contributed by atoms with E-state index in [1.807, 2.05) is 0 Å². The second-order valence-corrected chi connectivity index (χ2v) is 6.56. The van der Waals surface area contributed by atoms with Crippen LogP contribution >= 0.6 is 0 Å². The number of hydrogen-bond donors (Lipinski definition) is 2. The fraction of sp³-hybridized carbons (Fsp3) is 0.333. The quantitative estimate of drug-likeness (QED) is 0.865. The van der Waals surface area contributed by atoms with Crippen LogP contribution in [0.4, 0.5) is 5.69 Å². The molecular weight excluding hydrogens is 296 g/mol. The Morgan fingerprint density at radius 1 is 1.38 bits per heavy atom. The van der Waals surface area contributed by atoms with Crippen molar-refractivity contribution in [2.45, 2.75) is 24.8 Å². The van der Waals surface area contributed by atoms with Crippen molar-refractivity contribution in [3.8, 4) is 0 Å². The Kier molecular flexibility index (Phi) is 3.77. The minimum absolute atomic E-state index is 0.0726. The summed E-state index contributed by atoms with van der Waals surface area (Å²) in [5.74, 6) is -1.17. The number of anilines is 1. The van der Waals surface area contributed by atoms with Crippen LogP contribution in [-0.2, 0) is 17.1 Å². The van der Waals surface area contributed by atoms with Crippen molar-refractivity contribution >= 4 is 21.7 Å². The third-order valence-electron chi connectivity index (χ3n) is 2.87. The van der Waals surface area contributed by atoms with Crippen LogP contribution in [0, 0.1) is 0 Å². The number of aryl methyl sites for hydroxylation is 1. The van der Waals surface area contributed by atoms with Crippen molar-refractivity contribution in [2.75, 3.05) is 4.72 Å². The molecule has 0 atom stereocenters. The molecule has 9 heteroatoms. The van der Waals surface area contributed by atoms with Gasteiger partial charge in [0.25, 0.3) is 10.0 Å². The van der Waals surface area contributed by atoms with Crippen LogP contribution in [0.5, 0.6) is 0 Å². The second-order valence-electron chi connectivity index (χ2n) is 4.88. The number of sulfonamides is 1. The maximum absolute atomic E-state index is 12.3. The lowest BCUT2D eigenvalue weighted by Crippen LogP contribution is -2.12. The Bertz CT molecular complexity index is 773. The van der Waals surface area contributed by atoms with Crippen molar-refractivity contribution in [1.29, 1.82) is 0 Å². The highest BCUT2D eigenvalue weighted by Crippen LogP contribution is 2.21. The van der Waals surface area contributed by atoms with Gasteiger partial charge in [0.2, 0.25) is 0 Å². The summed E-state index contributed by atoms with van der Waals surface area (Å²) in [7, 11) is -2.19. The number of nitrogens with one attached hydrogen (secondary N) is 1. The highest BCUT2D eigenvalue weighted by Gasteiger charge is 2.22. The number of aromatic nitrogens is 3. The molecule has 0 amide bonds. The molecule has 0 aliphatic heterocycles. The van der Waals surface area contributed by atoms with Gasteiger partial charge in [-0.25, -0.2) is 13.2 Å².